The molecule has 0 amide bonds. The standard InChI is InChI=1S/2C20H24Cl2N4O2/c2*1-12-19(23)20(11-28-12)6-8-25(9-7-20)16-10-17(27)26(13(2)24-16)15-5-3-4-14(21)18(15)22/h2*3-5,10,12,19H,6-9,11,23H2,1-2H3/t2*12-,19+/m00/s1. The molecule has 16 heteroatoms. The lowest BCUT2D eigenvalue weighted by Gasteiger charge is -2.41. The Hall–Kier alpha value is -3.20. The van der Waals surface area contributed by atoms with Crippen molar-refractivity contribution in [1.82, 2.24) is 19.1 Å². The van der Waals surface area contributed by atoms with Gasteiger partial charge in [0.25, 0.3) is 11.1 Å². The van der Waals surface area contributed by atoms with Crippen LogP contribution in [0.15, 0.2) is 58.1 Å². The average Bonchev–Trinajstić information content (AvgIpc) is 3.60. The van der Waals surface area contributed by atoms with Crippen LogP contribution in [0.4, 0.5) is 11.6 Å². The smallest absolute Gasteiger partial charge is 0.260 e. The maximum absolute atomic E-state index is 12.9. The molecule has 2 aromatic heterocycles. The van der Waals surface area contributed by atoms with Crippen LogP contribution in [0, 0.1) is 24.7 Å². The SMILES string of the molecule is Cc1nc(N2CCC3(CC2)CO[C@@H](C)[C@H]3N)cc(=O)n1-c1cccc(Cl)c1Cl.Cc1nc(N2CCC3(CC2)CO[C@@H](C)[C@H]3N)cc(=O)n1-c1cccc(Cl)c1Cl. The van der Waals surface area contributed by atoms with Crippen LogP contribution in [-0.4, -0.2) is 82.8 Å². The maximum Gasteiger partial charge on any atom is 0.260 e. The summed E-state index contributed by atoms with van der Waals surface area (Å²) in [5.41, 5.74) is 13.6. The quantitative estimate of drug-likeness (QED) is 0.238. The van der Waals surface area contributed by atoms with Gasteiger partial charge in [0.2, 0.25) is 0 Å². The minimum Gasteiger partial charge on any atom is -0.376 e. The molecule has 4 aromatic rings. The van der Waals surface area contributed by atoms with Crippen LogP contribution in [0.3, 0.4) is 0 Å². The fourth-order valence-electron chi connectivity index (χ4n) is 8.71. The first-order chi connectivity index (χ1) is 26.6. The Balaban J connectivity index is 0.000000172. The van der Waals surface area contributed by atoms with Crippen LogP contribution in [0.25, 0.3) is 11.4 Å². The molecule has 0 bridgehead atoms. The molecule has 8 rings (SSSR count). The van der Waals surface area contributed by atoms with Gasteiger partial charge in [-0.3, -0.25) is 18.7 Å². The molecule has 6 heterocycles. The van der Waals surface area contributed by atoms with Gasteiger partial charge in [0.05, 0.1) is 56.9 Å². The highest BCUT2D eigenvalue weighted by Gasteiger charge is 2.49. The molecule has 2 spiro atoms. The summed E-state index contributed by atoms with van der Waals surface area (Å²) in [6.07, 6.45) is 3.92. The second-order valence-electron chi connectivity index (χ2n) is 15.6. The molecule has 4 atom stereocenters. The van der Waals surface area contributed by atoms with E-state index >= 15 is 0 Å². The van der Waals surface area contributed by atoms with Crippen molar-refractivity contribution >= 4 is 58.0 Å². The Kier molecular flexibility index (Phi) is 11.9. The van der Waals surface area contributed by atoms with Gasteiger partial charge in [0.15, 0.2) is 0 Å². The Morgan fingerprint density at radius 1 is 0.643 bits per heavy atom. The number of nitrogens with zero attached hydrogens (tertiary/aromatic N) is 6. The van der Waals surface area contributed by atoms with E-state index in [0.29, 0.717) is 68.0 Å². The van der Waals surface area contributed by atoms with Crippen molar-refractivity contribution in [1.29, 1.82) is 0 Å². The number of ether oxygens (including phenoxy) is 2. The van der Waals surface area contributed by atoms with Crippen LogP contribution < -0.4 is 32.4 Å². The van der Waals surface area contributed by atoms with Crippen molar-refractivity contribution in [2.24, 2.45) is 22.3 Å². The second-order valence-corrected chi connectivity index (χ2v) is 17.2. The van der Waals surface area contributed by atoms with E-state index in [2.05, 4.69) is 19.8 Å². The number of anilines is 2. The van der Waals surface area contributed by atoms with Gasteiger partial charge in [-0.1, -0.05) is 58.5 Å². The summed E-state index contributed by atoms with van der Waals surface area (Å²) in [6, 6.07) is 13.7. The lowest BCUT2D eigenvalue weighted by molar-refractivity contribution is 0.0973. The molecule has 4 saturated heterocycles. The molecular weight excluding hydrogens is 798 g/mol. The van der Waals surface area contributed by atoms with Crippen LogP contribution >= 0.6 is 46.4 Å². The van der Waals surface area contributed by atoms with E-state index in [4.69, 9.17) is 67.3 Å². The first-order valence-corrected chi connectivity index (χ1v) is 20.5. The topological polar surface area (TPSA) is 147 Å². The predicted octanol–water partition coefficient (Wildman–Crippen LogP) is 6.36. The highest BCUT2D eigenvalue weighted by atomic mass is 35.5. The molecule has 4 fully saturated rings. The number of benzene rings is 2. The largest absolute Gasteiger partial charge is 0.376 e. The molecule has 0 radical (unpaired) electrons. The number of rotatable bonds is 4. The van der Waals surface area contributed by atoms with Gasteiger partial charge < -0.3 is 30.7 Å². The van der Waals surface area contributed by atoms with E-state index in [1.54, 1.807) is 62.4 Å². The van der Waals surface area contributed by atoms with E-state index in [1.807, 2.05) is 13.8 Å². The van der Waals surface area contributed by atoms with Crippen LogP contribution in [-0.2, 0) is 9.47 Å². The molecule has 4 aliphatic rings. The Labute approximate surface area is 346 Å². The lowest BCUT2D eigenvalue weighted by atomic mass is 9.73. The summed E-state index contributed by atoms with van der Waals surface area (Å²) in [7, 11) is 0. The number of aromatic nitrogens is 4. The van der Waals surface area contributed by atoms with Gasteiger partial charge in [-0.2, -0.15) is 0 Å². The van der Waals surface area contributed by atoms with Crippen LogP contribution in [0.1, 0.15) is 51.2 Å². The molecule has 4 aliphatic heterocycles. The number of piperidine rings is 2. The molecule has 56 heavy (non-hydrogen) atoms. The van der Waals surface area contributed by atoms with Gasteiger partial charge in [0.1, 0.15) is 23.3 Å². The van der Waals surface area contributed by atoms with E-state index in [1.165, 1.54) is 9.13 Å². The number of nitrogens with two attached hydrogens (primary N) is 2. The minimum absolute atomic E-state index is 0.0360. The summed E-state index contributed by atoms with van der Waals surface area (Å²) in [6.45, 7) is 12.3. The monoisotopic (exact) mass is 844 g/mol. The van der Waals surface area contributed by atoms with Crippen molar-refractivity contribution in [2.75, 3.05) is 49.2 Å². The first kappa shape index (κ1) is 41.0. The van der Waals surface area contributed by atoms with Gasteiger partial charge in [0, 0.05) is 61.2 Å². The number of hydrogen-bond donors (Lipinski definition) is 2. The van der Waals surface area contributed by atoms with E-state index < -0.39 is 0 Å². The van der Waals surface area contributed by atoms with Gasteiger partial charge in [-0.25, -0.2) is 9.97 Å². The maximum atomic E-state index is 12.9. The summed E-state index contributed by atoms with van der Waals surface area (Å²) in [5, 5.41) is 1.49. The van der Waals surface area contributed by atoms with E-state index in [-0.39, 0.29) is 46.2 Å². The molecule has 0 saturated carbocycles. The zero-order valence-electron chi connectivity index (χ0n) is 32.0. The van der Waals surface area contributed by atoms with Gasteiger partial charge >= 0.3 is 0 Å². The van der Waals surface area contributed by atoms with Crippen molar-refractivity contribution in [3.63, 3.8) is 0 Å². The zero-order valence-corrected chi connectivity index (χ0v) is 35.0. The number of hydrogen-bond acceptors (Lipinski definition) is 10. The van der Waals surface area contributed by atoms with Crippen LogP contribution in [0.2, 0.25) is 20.1 Å². The molecule has 300 valence electrons. The first-order valence-electron chi connectivity index (χ1n) is 19.0. The number of aryl methyl sites for hydroxylation is 2. The highest BCUT2D eigenvalue weighted by molar-refractivity contribution is 6.43. The molecule has 0 aliphatic carbocycles. The van der Waals surface area contributed by atoms with Crippen molar-refractivity contribution in [3.05, 3.63) is 101 Å². The Morgan fingerprint density at radius 2 is 1.00 bits per heavy atom. The Morgan fingerprint density at radius 3 is 1.30 bits per heavy atom. The minimum atomic E-state index is -0.179. The van der Waals surface area contributed by atoms with Gasteiger partial charge in [-0.15, -0.1) is 0 Å². The molecule has 4 N–H and O–H groups in total. The average molecular weight is 847 g/mol. The van der Waals surface area contributed by atoms with Crippen molar-refractivity contribution in [2.45, 2.75) is 77.7 Å². The fraction of sp³-hybridized carbons (Fsp3) is 0.500. The summed E-state index contributed by atoms with van der Waals surface area (Å²) < 4.78 is 14.6. The molecular formula is C40H48Cl4N8O4. The van der Waals surface area contributed by atoms with Crippen LogP contribution in [0.5, 0.6) is 0 Å². The summed E-state index contributed by atoms with van der Waals surface area (Å²) in [4.78, 5) is 39.4. The molecule has 12 nitrogen and oxygen atoms in total. The summed E-state index contributed by atoms with van der Waals surface area (Å²) in [5.74, 6) is 2.52. The third-order valence-corrected chi connectivity index (χ3v) is 14.0. The normalized spacial score (nSPS) is 24.1. The third kappa shape index (κ3) is 7.59. The van der Waals surface area contributed by atoms with E-state index in [9.17, 15) is 9.59 Å². The Bertz CT molecular complexity index is 2060. The molecule has 0 unspecified atom stereocenters. The van der Waals surface area contributed by atoms with Crippen molar-refractivity contribution in [3.8, 4) is 11.4 Å². The fourth-order valence-corrected chi connectivity index (χ4v) is 9.47. The predicted molar refractivity (Wildman–Crippen MR) is 224 cm³/mol. The molecule has 2 aromatic carbocycles. The second kappa shape index (κ2) is 16.2. The van der Waals surface area contributed by atoms with Gasteiger partial charge in [-0.05, 0) is 77.6 Å². The highest BCUT2D eigenvalue weighted by Crippen LogP contribution is 2.43. The van der Waals surface area contributed by atoms with E-state index in [0.717, 1.165) is 51.9 Å². The van der Waals surface area contributed by atoms with Crippen molar-refractivity contribution < 1.29 is 9.47 Å². The number of halogens is 4. The summed E-state index contributed by atoms with van der Waals surface area (Å²) >= 11 is 24.8. The zero-order chi connectivity index (χ0) is 40.1. The lowest BCUT2D eigenvalue weighted by Crippen LogP contribution is -2.51. The third-order valence-electron chi connectivity index (χ3n) is 12.3.